The minimum absolute atomic E-state index is 0.113. The van der Waals surface area contributed by atoms with Crippen molar-refractivity contribution in [2.75, 3.05) is 0 Å². The second-order valence-corrected chi connectivity index (χ2v) is 2.19. The zero-order valence-electron chi connectivity index (χ0n) is 4.60. The molecule has 2 nitrogen and oxygen atoms in total. The SMILES string of the molecule is O=C(O)[C@H]1CCC1(F)F. The van der Waals surface area contributed by atoms with E-state index in [4.69, 9.17) is 5.11 Å². The van der Waals surface area contributed by atoms with E-state index in [-0.39, 0.29) is 12.8 Å². The summed E-state index contributed by atoms with van der Waals surface area (Å²) in [5.74, 6) is -5.74. The standard InChI is InChI=1S/C5H6F2O2/c6-5(7)2-1-3(5)4(8)9/h3H,1-2H2,(H,8,9)/t3-/m1/s1. The number of carbonyl (C=O) groups is 1. The van der Waals surface area contributed by atoms with Crippen LogP contribution >= 0.6 is 0 Å². The van der Waals surface area contributed by atoms with Crippen molar-refractivity contribution in [1.82, 2.24) is 0 Å². The summed E-state index contributed by atoms with van der Waals surface area (Å²) in [5.41, 5.74) is 0. The molecule has 1 fully saturated rings. The molecule has 1 atom stereocenters. The molecule has 0 aromatic heterocycles. The monoisotopic (exact) mass is 136 g/mol. The normalized spacial score (nSPS) is 31.1. The first-order chi connectivity index (χ1) is 4.04. The van der Waals surface area contributed by atoms with Crippen LogP contribution in [0.4, 0.5) is 8.78 Å². The Morgan fingerprint density at radius 2 is 2.22 bits per heavy atom. The van der Waals surface area contributed by atoms with E-state index in [1.165, 1.54) is 0 Å². The molecule has 1 N–H and O–H groups in total. The Labute approximate surface area is 50.5 Å². The van der Waals surface area contributed by atoms with E-state index in [1.54, 1.807) is 0 Å². The van der Waals surface area contributed by atoms with Gasteiger partial charge in [0.1, 0.15) is 5.92 Å². The van der Waals surface area contributed by atoms with E-state index in [0.29, 0.717) is 0 Å². The number of carboxylic acid groups (broad SMARTS) is 1. The van der Waals surface area contributed by atoms with Crippen molar-refractivity contribution in [2.24, 2.45) is 5.92 Å². The molecule has 0 heterocycles. The predicted octanol–water partition coefficient (Wildman–Crippen LogP) is 1.12. The Kier molecular flexibility index (Phi) is 1.18. The zero-order valence-corrected chi connectivity index (χ0v) is 4.60. The van der Waals surface area contributed by atoms with Crippen LogP contribution in [0.2, 0.25) is 0 Å². The number of rotatable bonds is 1. The fourth-order valence-electron chi connectivity index (χ4n) is 0.811. The van der Waals surface area contributed by atoms with Gasteiger partial charge in [-0.05, 0) is 6.42 Å². The minimum Gasteiger partial charge on any atom is -0.481 e. The van der Waals surface area contributed by atoms with Crippen LogP contribution in [0.3, 0.4) is 0 Å². The Hall–Kier alpha value is -0.670. The van der Waals surface area contributed by atoms with Gasteiger partial charge in [0.2, 0.25) is 0 Å². The van der Waals surface area contributed by atoms with Crippen molar-refractivity contribution in [2.45, 2.75) is 18.8 Å². The van der Waals surface area contributed by atoms with Crippen LogP contribution < -0.4 is 0 Å². The molecule has 0 spiro atoms. The maximum atomic E-state index is 12.1. The molecule has 52 valence electrons. The number of alkyl halides is 2. The average Bonchev–Trinajstić information content (AvgIpc) is 1.62. The van der Waals surface area contributed by atoms with Crippen LogP contribution in [0.5, 0.6) is 0 Å². The van der Waals surface area contributed by atoms with Gasteiger partial charge in [0.25, 0.3) is 5.92 Å². The van der Waals surface area contributed by atoms with Crippen molar-refractivity contribution in [1.29, 1.82) is 0 Å². The Morgan fingerprint density at radius 1 is 1.67 bits per heavy atom. The van der Waals surface area contributed by atoms with E-state index < -0.39 is 17.8 Å². The summed E-state index contributed by atoms with van der Waals surface area (Å²) < 4.78 is 24.1. The second-order valence-electron chi connectivity index (χ2n) is 2.19. The molecule has 0 bridgehead atoms. The van der Waals surface area contributed by atoms with Gasteiger partial charge in [0, 0.05) is 6.42 Å². The first-order valence-electron chi connectivity index (χ1n) is 2.64. The van der Waals surface area contributed by atoms with Crippen molar-refractivity contribution in [3.05, 3.63) is 0 Å². The van der Waals surface area contributed by atoms with Crippen molar-refractivity contribution >= 4 is 5.97 Å². The number of carboxylic acids is 1. The molecule has 0 radical (unpaired) electrons. The van der Waals surface area contributed by atoms with E-state index in [9.17, 15) is 13.6 Å². The average molecular weight is 136 g/mol. The lowest BCUT2D eigenvalue weighted by atomic mass is 9.81. The third kappa shape index (κ3) is 0.886. The van der Waals surface area contributed by atoms with Gasteiger partial charge < -0.3 is 5.11 Å². The van der Waals surface area contributed by atoms with Gasteiger partial charge in [-0.15, -0.1) is 0 Å². The maximum absolute atomic E-state index is 12.1. The minimum atomic E-state index is -2.94. The summed E-state index contributed by atoms with van der Waals surface area (Å²) in [7, 11) is 0. The summed E-state index contributed by atoms with van der Waals surface area (Å²) in [6.07, 6.45) is -0.160. The molecule has 1 aliphatic carbocycles. The lowest BCUT2D eigenvalue weighted by Crippen LogP contribution is -2.43. The molecule has 0 unspecified atom stereocenters. The lowest BCUT2D eigenvalue weighted by molar-refractivity contribution is -0.177. The number of halogens is 2. The number of hydrogen-bond donors (Lipinski definition) is 1. The highest BCUT2D eigenvalue weighted by molar-refractivity contribution is 5.72. The molecule has 0 aliphatic heterocycles. The van der Waals surface area contributed by atoms with E-state index in [0.717, 1.165) is 0 Å². The van der Waals surface area contributed by atoms with Crippen LogP contribution in [0.15, 0.2) is 0 Å². The van der Waals surface area contributed by atoms with E-state index >= 15 is 0 Å². The smallest absolute Gasteiger partial charge is 0.312 e. The first kappa shape index (κ1) is 6.45. The molecule has 0 aromatic carbocycles. The second kappa shape index (κ2) is 1.65. The van der Waals surface area contributed by atoms with Gasteiger partial charge in [0.15, 0.2) is 0 Å². The van der Waals surface area contributed by atoms with E-state index in [1.807, 2.05) is 0 Å². The molecule has 1 aliphatic rings. The largest absolute Gasteiger partial charge is 0.481 e. The third-order valence-corrected chi connectivity index (χ3v) is 1.57. The summed E-state index contributed by atoms with van der Waals surface area (Å²) in [4.78, 5) is 9.92. The topological polar surface area (TPSA) is 37.3 Å². The Balaban J connectivity index is 2.55. The highest BCUT2D eigenvalue weighted by Gasteiger charge is 2.52. The summed E-state index contributed by atoms with van der Waals surface area (Å²) in [5, 5.41) is 8.09. The van der Waals surface area contributed by atoms with Gasteiger partial charge in [0.05, 0.1) is 0 Å². The fourth-order valence-corrected chi connectivity index (χ4v) is 0.811. The highest BCUT2D eigenvalue weighted by atomic mass is 19.3. The van der Waals surface area contributed by atoms with Crippen LogP contribution in [-0.4, -0.2) is 17.0 Å². The quantitative estimate of drug-likeness (QED) is 0.586. The first-order valence-corrected chi connectivity index (χ1v) is 2.64. The molecule has 0 amide bonds. The van der Waals surface area contributed by atoms with Gasteiger partial charge in [-0.2, -0.15) is 0 Å². The fraction of sp³-hybridized carbons (Fsp3) is 0.800. The van der Waals surface area contributed by atoms with Gasteiger partial charge in [-0.1, -0.05) is 0 Å². The molecule has 0 aromatic rings. The van der Waals surface area contributed by atoms with Gasteiger partial charge in [-0.25, -0.2) is 8.78 Å². The van der Waals surface area contributed by atoms with E-state index in [2.05, 4.69) is 0 Å². The summed E-state index contributed by atoms with van der Waals surface area (Å²) in [6.45, 7) is 0. The molecule has 9 heavy (non-hydrogen) atoms. The maximum Gasteiger partial charge on any atom is 0.312 e. The molecule has 1 rings (SSSR count). The van der Waals surface area contributed by atoms with Crippen LogP contribution in [-0.2, 0) is 4.79 Å². The molecular weight excluding hydrogens is 130 g/mol. The number of hydrogen-bond acceptors (Lipinski definition) is 1. The zero-order chi connectivity index (χ0) is 7.07. The van der Waals surface area contributed by atoms with Crippen LogP contribution in [0, 0.1) is 5.92 Å². The Morgan fingerprint density at radius 3 is 2.22 bits per heavy atom. The summed E-state index contributed by atoms with van der Waals surface area (Å²) in [6, 6.07) is 0. The van der Waals surface area contributed by atoms with Crippen LogP contribution in [0.1, 0.15) is 12.8 Å². The molecule has 1 saturated carbocycles. The van der Waals surface area contributed by atoms with Gasteiger partial charge >= 0.3 is 5.97 Å². The lowest BCUT2D eigenvalue weighted by Gasteiger charge is -2.32. The number of aliphatic carboxylic acids is 1. The van der Waals surface area contributed by atoms with Gasteiger partial charge in [-0.3, -0.25) is 4.79 Å². The van der Waals surface area contributed by atoms with Crippen molar-refractivity contribution in [3.63, 3.8) is 0 Å². The van der Waals surface area contributed by atoms with Crippen LogP contribution in [0.25, 0.3) is 0 Å². The van der Waals surface area contributed by atoms with Crippen molar-refractivity contribution in [3.8, 4) is 0 Å². The molecule has 0 saturated heterocycles. The van der Waals surface area contributed by atoms with Crippen molar-refractivity contribution < 1.29 is 18.7 Å². The third-order valence-electron chi connectivity index (χ3n) is 1.57. The summed E-state index contributed by atoms with van der Waals surface area (Å²) >= 11 is 0. The molecular formula is C5H6F2O2. The Bertz CT molecular complexity index is 144. The highest BCUT2D eigenvalue weighted by Crippen LogP contribution is 2.43. The predicted molar refractivity (Wildman–Crippen MR) is 25.3 cm³/mol. The molecule has 4 heteroatoms.